The Bertz CT molecular complexity index is 862. The molecule has 0 spiro atoms. The van der Waals surface area contributed by atoms with Crippen LogP contribution in [-0.4, -0.2) is 30.4 Å². The van der Waals surface area contributed by atoms with Crippen LogP contribution in [-0.2, 0) is 17.8 Å². The number of amides is 1. The highest BCUT2D eigenvalue weighted by molar-refractivity contribution is 5.96. The maximum atomic E-state index is 13.1. The van der Waals surface area contributed by atoms with Crippen LogP contribution in [0.15, 0.2) is 48.5 Å². The number of hydrogen-bond donors (Lipinski definition) is 0. The number of anilines is 1. The second-order valence-corrected chi connectivity index (χ2v) is 7.58. The van der Waals surface area contributed by atoms with Crippen LogP contribution < -0.4 is 4.90 Å². The van der Waals surface area contributed by atoms with Crippen LogP contribution >= 0.6 is 0 Å². The van der Waals surface area contributed by atoms with Gasteiger partial charge in [-0.05, 0) is 68.1 Å². The summed E-state index contributed by atoms with van der Waals surface area (Å²) in [4.78, 5) is 17.6. The van der Waals surface area contributed by atoms with E-state index in [0.717, 1.165) is 57.5 Å². The molecule has 1 saturated heterocycles. The summed E-state index contributed by atoms with van der Waals surface area (Å²) in [6.07, 6.45) is 3.95. The fraction of sp³-hybridized carbons (Fsp3) is 0.391. The predicted octanol–water partition coefficient (Wildman–Crippen LogP) is 3.75. The number of nitrogens with zero attached hydrogens (tertiary/aromatic N) is 3. The van der Waals surface area contributed by atoms with E-state index in [4.69, 9.17) is 5.26 Å². The third-order valence-electron chi connectivity index (χ3n) is 5.78. The van der Waals surface area contributed by atoms with Gasteiger partial charge in [0, 0.05) is 24.7 Å². The number of benzene rings is 2. The Labute approximate surface area is 161 Å². The lowest BCUT2D eigenvalue weighted by molar-refractivity contribution is -0.123. The lowest BCUT2D eigenvalue weighted by Crippen LogP contribution is -2.44. The van der Waals surface area contributed by atoms with Crippen LogP contribution in [0, 0.1) is 17.2 Å². The molecule has 1 fully saturated rings. The Morgan fingerprint density at radius 1 is 1.07 bits per heavy atom. The summed E-state index contributed by atoms with van der Waals surface area (Å²) >= 11 is 0. The quantitative estimate of drug-likeness (QED) is 0.838. The second-order valence-electron chi connectivity index (χ2n) is 7.58. The predicted molar refractivity (Wildman–Crippen MR) is 106 cm³/mol. The van der Waals surface area contributed by atoms with Crippen molar-refractivity contribution >= 4 is 11.6 Å². The first-order valence-corrected chi connectivity index (χ1v) is 9.85. The number of para-hydroxylation sites is 1. The number of piperidine rings is 1. The molecule has 0 N–H and O–H groups in total. The summed E-state index contributed by atoms with van der Waals surface area (Å²) in [5.74, 6) is 0.422. The molecule has 0 unspecified atom stereocenters. The van der Waals surface area contributed by atoms with Crippen LogP contribution in [0.5, 0.6) is 0 Å². The van der Waals surface area contributed by atoms with Gasteiger partial charge >= 0.3 is 0 Å². The topological polar surface area (TPSA) is 47.3 Å². The van der Waals surface area contributed by atoms with Gasteiger partial charge in [0.2, 0.25) is 5.91 Å². The maximum Gasteiger partial charge on any atom is 0.230 e. The van der Waals surface area contributed by atoms with Crippen molar-refractivity contribution < 1.29 is 4.79 Å². The molecule has 0 aliphatic carbocycles. The molecule has 27 heavy (non-hydrogen) atoms. The van der Waals surface area contributed by atoms with E-state index in [2.05, 4.69) is 35.2 Å². The van der Waals surface area contributed by atoms with Gasteiger partial charge in [0.1, 0.15) is 0 Å². The number of carbonyl (C=O) groups excluding carboxylic acids is 1. The number of likely N-dealkylation sites (tertiary alicyclic amines) is 1. The molecule has 2 aromatic carbocycles. The van der Waals surface area contributed by atoms with Gasteiger partial charge < -0.3 is 4.90 Å². The van der Waals surface area contributed by atoms with Crippen LogP contribution in [0.3, 0.4) is 0 Å². The van der Waals surface area contributed by atoms with Crippen molar-refractivity contribution in [3.05, 3.63) is 65.2 Å². The third kappa shape index (κ3) is 3.89. The molecule has 0 radical (unpaired) electrons. The monoisotopic (exact) mass is 359 g/mol. The number of fused-ring (bicyclic) bond motifs is 1. The molecule has 0 bridgehead atoms. The van der Waals surface area contributed by atoms with Crippen molar-refractivity contribution in [3.63, 3.8) is 0 Å². The molecule has 0 aromatic heterocycles. The van der Waals surface area contributed by atoms with Crippen molar-refractivity contribution in [1.82, 2.24) is 4.90 Å². The Hall–Kier alpha value is -2.64. The highest BCUT2D eigenvalue weighted by Gasteiger charge is 2.31. The van der Waals surface area contributed by atoms with E-state index in [-0.39, 0.29) is 5.92 Å². The minimum atomic E-state index is 0.123. The standard InChI is InChI=1S/C23H25N3O/c24-16-18-5-3-6-19(15-18)17-25-13-10-21(11-14-25)23(27)26-12-4-8-20-7-1-2-9-22(20)26/h1-3,5-7,9,15,21H,4,8,10-14,17H2. The fourth-order valence-electron chi connectivity index (χ4n) is 4.32. The van der Waals surface area contributed by atoms with Crippen molar-refractivity contribution in [2.24, 2.45) is 5.92 Å². The summed E-state index contributed by atoms with van der Waals surface area (Å²) in [5.41, 5.74) is 4.29. The number of hydrogen-bond acceptors (Lipinski definition) is 3. The van der Waals surface area contributed by atoms with Gasteiger partial charge in [-0.25, -0.2) is 0 Å². The van der Waals surface area contributed by atoms with Crippen LogP contribution in [0.25, 0.3) is 0 Å². The Morgan fingerprint density at radius 2 is 1.89 bits per heavy atom. The average Bonchev–Trinajstić information content (AvgIpc) is 2.73. The Kier molecular flexibility index (Phi) is 5.22. The molecule has 4 heteroatoms. The molecule has 1 amide bonds. The van der Waals surface area contributed by atoms with Crippen molar-refractivity contribution in [1.29, 1.82) is 5.26 Å². The number of aryl methyl sites for hydroxylation is 1. The smallest absolute Gasteiger partial charge is 0.230 e. The number of nitriles is 1. The Morgan fingerprint density at radius 3 is 2.70 bits per heavy atom. The van der Waals surface area contributed by atoms with Gasteiger partial charge in [-0.1, -0.05) is 30.3 Å². The van der Waals surface area contributed by atoms with Crippen molar-refractivity contribution in [2.75, 3.05) is 24.5 Å². The summed E-state index contributed by atoms with van der Waals surface area (Å²) < 4.78 is 0. The van der Waals surface area contributed by atoms with Crippen molar-refractivity contribution in [2.45, 2.75) is 32.2 Å². The molecule has 4 nitrogen and oxygen atoms in total. The summed E-state index contributed by atoms with van der Waals surface area (Å²) in [6, 6.07) is 18.3. The zero-order chi connectivity index (χ0) is 18.6. The fourth-order valence-corrected chi connectivity index (χ4v) is 4.32. The molecule has 2 aliphatic rings. The minimum absolute atomic E-state index is 0.123. The van der Waals surface area contributed by atoms with E-state index in [9.17, 15) is 4.79 Å². The number of carbonyl (C=O) groups is 1. The summed E-state index contributed by atoms with van der Waals surface area (Å²) in [6.45, 7) is 3.56. The molecular formula is C23H25N3O. The maximum absolute atomic E-state index is 13.1. The number of rotatable bonds is 3. The van der Waals surface area contributed by atoms with Crippen LogP contribution in [0.1, 0.15) is 36.0 Å². The van der Waals surface area contributed by atoms with Gasteiger partial charge in [0.05, 0.1) is 11.6 Å². The van der Waals surface area contributed by atoms with E-state index in [1.165, 1.54) is 11.1 Å². The Balaban J connectivity index is 1.37. The van der Waals surface area contributed by atoms with E-state index in [1.807, 2.05) is 29.2 Å². The van der Waals surface area contributed by atoms with Gasteiger partial charge in [0.15, 0.2) is 0 Å². The molecule has 2 aromatic rings. The molecule has 2 aliphatic heterocycles. The molecule has 138 valence electrons. The first kappa shape index (κ1) is 17.8. The highest BCUT2D eigenvalue weighted by Crippen LogP contribution is 2.30. The van der Waals surface area contributed by atoms with Crippen LogP contribution in [0.4, 0.5) is 5.69 Å². The second kappa shape index (κ2) is 7.94. The first-order chi connectivity index (χ1) is 13.2. The van der Waals surface area contributed by atoms with E-state index >= 15 is 0 Å². The highest BCUT2D eigenvalue weighted by atomic mass is 16.2. The van der Waals surface area contributed by atoms with E-state index < -0.39 is 0 Å². The van der Waals surface area contributed by atoms with Gasteiger partial charge in [-0.15, -0.1) is 0 Å². The van der Waals surface area contributed by atoms with Gasteiger partial charge in [-0.3, -0.25) is 9.69 Å². The molecule has 0 atom stereocenters. The van der Waals surface area contributed by atoms with E-state index in [0.29, 0.717) is 11.5 Å². The minimum Gasteiger partial charge on any atom is -0.312 e. The first-order valence-electron chi connectivity index (χ1n) is 9.85. The molecule has 4 rings (SSSR count). The third-order valence-corrected chi connectivity index (χ3v) is 5.78. The van der Waals surface area contributed by atoms with Gasteiger partial charge in [0.25, 0.3) is 0 Å². The molecular weight excluding hydrogens is 334 g/mol. The van der Waals surface area contributed by atoms with E-state index in [1.54, 1.807) is 0 Å². The zero-order valence-corrected chi connectivity index (χ0v) is 15.6. The van der Waals surface area contributed by atoms with Crippen LogP contribution in [0.2, 0.25) is 0 Å². The normalized spacial score (nSPS) is 18.0. The summed E-state index contributed by atoms with van der Waals surface area (Å²) in [5, 5.41) is 9.05. The summed E-state index contributed by atoms with van der Waals surface area (Å²) in [7, 11) is 0. The zero-order valence-electron chi connectivity index (χ0n) is 15.6. The lowest BCUT2D eigenvalue weighted by atomic mass is 9.93. The lowest BCUT2D eigenvalue weighted by Gasteiger charge is -2.36. The molecule has 0 saturated carbocycles. The van der Waals surface area contributed by atoms with Gasteiger partial charge in [-0.2, -0.15) is 5.26 Å². The molecule has 2 heterocycles. The van der Waals surface area contributed by atoms with Crippen molar-refractivity contribution in [3.8, 4) is 6.07 Å². The largest absolute Gasteiger partial charge is 0.312 e. The SMILES string of the molecule is N#Cc1cccc(CN2CCC(C(=O)N3CCCc4ccccc43)CC2)c1. The average molecular weight is 359 g/mol.